The third-order valence-corrected chi connectivity index (χ3v) is 5.34. The molecule has 0 amide bonds. The third-order valence-electron chi connectivity index (χ3n) is 2.26. The summed E-state index contributed by atoms with van der Waals surface area (Å²) in [6, 6.07) is 1.77. The Balaban J connectivity index is 2.49. The van der Waals surface area contributed by atoms with Crippen LogP contribution in [0.5, 0.6) is 0 Å². The maximum Gasteiger partial charge on any atom is 0.357 e. The van der Waals surface area contributed by atoms with Crippen molar-refractivity contribution < 1.29 is 17.9 Å². The number of halogens is 1. The maximum absolute atomic E-state index is 11.6. The van der Waals surface area contributed by atoms with Crippen LogP contribution in [0.25, 0.3) is 5.70 Å². The Hall–Kier alpha value is -1.19. The van der Waals surface area contributed by atoms with Crippen LogP contribution in [0.15, 0.2) is 21.0 Å². The van der Waals surface area contributed by atoms with Crippen LogP contribution in [-0.2, 0) is 19.7 Å². The van der Waals surface area contributed by atoms with Crippen molar-refractivity contribution in [1.29, 1.82) is 0 Å². The number of ether oxygens (including phenoxy) is 1. The van der Waals surface area contributed by atoms with Gasteiger partial charge in [-0.15, -0.1) is 15.7 Å². The first-order valence-corrected chi connectivity index (χ1v) is 8.06. The van der Waals surface area contributed by atoms with Crippen LogP contribution in [0.4, 0.5) is 0 Å². The first kappa shape index (κ1) is 14.2. The summed E-state index contributed by atoms with van der Waals surface area (Å²) in [5, 5.41) is 0. The quantitative estimate of drug-likeness (QED) is 0.808. The van der Waals surface area contributed by atoms with Crippen molar-refractivity contribution >= 4 is 54.9 Å². The highest BCUT2D eigenvalue weighted by atomic mass is 79.9. The van der Waals surface area contributed by atoms with Gasteiger partial charge in [0.1, 0.15) is 0 Å². The zero-order valence-corrected chi connectivity index (χ0v) is 13.1. The highest BCUT2D eigenvalue weighted by molar-refractivity contribution is 9.10. The lowest BCUT2D eigenvalue weighted by molar-refractivity contribution is -0.132. The van der Waals surface area contributed by atoms with E-state index in [2.05, 4.69) is 29.8 Å². The number of carbonyl (C=O) groups is 1. The van der Waals surface area contributed by atoms with Crippen molar-refractivity contribution in [2.45, 2.75) is 6.92 Å². The summed E-state index contributed by atoms with van der Waals surface area (Å²) >= 11 is 4.75. The fraction of sp³-hybridized carbons (Fsp3) is 0.200. The van der Waals surface area contributed by atoms with E-state index in [-0.39, 0.29) is 5.71 Å². The minimum absolute atomic E-state index is 0.251. The summed E-state index contributed by atoms with van der Waals surface area (Å²) < 4.78 is 34.2. The minimum atomic E-state index is -3.93. The molecule has 0 spiro atoms. The fourth-order valence-corrected chi connectivity index (χ4v) is 3.85. The number of hydrogen-bond acceptors (Lipinski definition) is 5. The second kappa shape index (κ2) is 5.06. The van der Waals surface area contributed by atoms with Crippen LogP contribution in [0, 0.1) is 6.92 Å². The van der Waals surface area contributed by atoms with Gasteiger partial charge in [0.05, 0.1) is 17.7 Å². The van der Waals surface area contributed by atoms with Gasteiger partial charge in [0, 0.05) is 9.35 Å². The lowest BCUT2D eigenvalue weighted by Crippen LogP contribution is -2.29. The molecule has 0 atom stereocenters. The van der Waals surface area contributed by atoms with Gasteiger partial charge in [-0.1, -0.05) is 0 Å². The summed E-state index contributed by atoms with van der Waals surface area (Å²) in [4.78, 5) is 13.1. The van der Waals surface area contributed by atoms with Crippen molar-refractivity contribution in [2.24, 2.45) is 4.40 Å². The summed E-state index contributed by atoms with van der Waals surface area (Å²) in [5.41, 5.74) is 0.0487. The summed E-state index contributed by atoms with van der Waals surface area (Å²) in [7, 11) is -2.76. The number of thiophene rings is 1. The van der Waals surface area contributed by atoms with Crippen molar-refractivity contribution in [1.82, 2.24) is 4.72 Å². The molecule has 0 bridgehead atoms. The first-order valence-electron chi connectivity index (χ1n) is 5.01. The van der Waals surface area contributed by atoms with Crippen LogP contribution >= 0.6 is 27.3 Å². The number of methoxy groups -OCH3 is 1. The Labute approximate surface area is 122 Å². The van der Waals surface area contributed by atoms with Crippen molar-refractivity contribution in [2.75, 3.05) is 7.11 Å². The molecule has 0 radical (unpaired) electrons. The summed E-state index contributed by atoms with van der Waals surface area (Å²) in [5.74, 6) is -0.796. The zero-order valence-electron chi connectivity index (χ0n) is 9.93. The van der Waals surface area contributed by atoms with Gasteiger partial charge in [0.25, 0.3) is 0 Å². The number of hydrogen-bond donors (Lipinski definition) is 1. The maximum atomic E-state index is 11.6. The molecule has 1 aromatic rings. The lowest BCUT2D eigenvalue weighted by atomic mass is 10.2. The molecule has 2 heterocycles. The monoisotopic (exact) mass is 364 g/mol. The second-order valence-corrected chi connectivity index (χ2v) is 7.07. The number of aryl methyl sites for hydroxylation is 1. The molecule has 0 fully saturated rings. The number of rotatable bonds is 2. The molecule has 0 saturated heterocycles. The largest absolute Gasteiger partial charge is 0.464 e. The van der Waals surface area contributed by atoms with E-state index in [0.717, 1.165) is 9.35 Å². The molecule has 1 N–H and O–H groups in total. The molecule has 0 aliphatic carbocycles. The normalized spacial score (nSPS) is 17.2. The Morgan fingerprint density at radius 3 is 2.74 bits per heavy atom. The topological polar surface area (TPSA) is 84.8 Å². The summed E-state index contributed by atoms with van der Waals surface area (Å²) in [6.45, 7) is 1.89. The molecule has 0 unspecified atom stereocenters. The molecule has 19 heavy (non-hydrogen) atoms. The van der Waals surface area contributed by atoms with Gasteiger partial charge < -0.3 is 4.74 Å². The van der Waals surface area contributed by atoms with Crippen LogP contribution in [0.1, 0.15) is 9.75 Å². The van der Waals surface area contributed by atoms with Gasteiger partial charge in [0.15, 0.2) is 5.71 Å². The van der Waals surface area contributed by atoms with Gasteiger partial charge in [-0.05, 0) is 35.0 Å². The van der Waals surface area contributed by atoms with Gasteiger partial charge in [-0.25, -0.2) is 4.79 Å². The molecular formula is C10H9BrN2O4S2. The van der Waals surface area contributed by atoms with Crippen molar-refractivity contribution in [3.8, 4) is 0 Å². The molecule has 0 saturated carbocycles. The van der Waals surface area contributed by atoms with E-state index in [4.69, 9.17) is 0 Å². The Morgan fingerprint density at radius 1 is 1.53 bits per heavy atom. The zero-order chi connectivity index (χ0) is 14.2. The van der Waals surface area contributed by atoms with E-state index in [1.54, 1.807) is 6.07 Å². The van der Waals surface area contributed by atoms with Crippen LogP contribution in [0.2, 0.25) is 0 Å². The average molecular weight is 365 g/mol. The van der Waals surface area contributed by atoms with Gasteiger partial charge in [-0.3, -0.25) is 4.72 Å². The Morgan fingerprint density at radius 2 is 2.21 bits per heavy atom. The number of carbonyl (C=O) groups excluding carboxylic acids is 1. The predicted octanol–water partition coefficient (Wildman–Crippen LogP) is 1.62. The number of nitrogens with one attached hydrogen (secondary N) is 1. The van der Waals surface area contributed by atoms with Crippen LogP contribution < -0.4 is 4.72 Å². The molecular weight excluding hydrogens is 356 g/mol. The molecule has 1 aliphatic heterocycles. The average Bonchev–Trinajstić information content (AvgIpc) is 2.66. The summed E-state index contributed by atoms with van der Waals surface area (Å²) in [6.07, 6.45) is 1.35. The molecule has 1 aliphatic rings. The van der Waals surface area contributed by atoms with E-state index in [1.165, 1.54) is 24.5 Å². The lowest BCUT2D eigenvalue weighted by Gasteiger charge is -2.13. The second-order valence-electron chi connectivity index (χ2n) is 3.62. The standard InChI is InChI=1S/C10H9BrN2O4S2/c1-5-6(11)3-9(18-5)7-4-8(10(14)17-2)13-19(15,16)12-7/h3-4,12H,1-2H3. The molecule has 9 heteroatoms. The van der Waals surface area contributed by atoms with E-state index in [1.807, 2.05) is 6.92 Å². The van der Waals surface area contributed by atoms with Crippen molar-refractivity contribution in [3.05, 3.63) is 26.4 Å². The Bertz CT molecular complexity index is 684. The van der Waals surface area contributed by atoms with E-state index >= 15 is 0 Å². The Kier molecular flexibility index (Phi) is 3.79. The van der Waals surface area contributed by atoms with E-state index < -0.39 is 16.2 Å². The van der Waals surface area contributed by atoms with Crippen LogP contribution in [0.3, 0.4) is 0 Å². The molecule has 0 aromatic carbocycles. The first-order chi connectivity index (χ1) is 8.82. The molecule has 2 rings (SSSR count). The number of nitrogens with zero attached hydrogens (tertiary/aromatic N) is 1. The predicted molar refractivity (Wildman–Crippen MR) is 76.2 cm³/mol. The fourth-order valence-electron chi connectivity index (χ4n) is 1.40. The highest BCUT2D eigenvalue weighted by Crippen LogP contribution is 2.31. The van der Waals surface area contributed by atoms with E-state index in [9.17, 15) is 13.2 Å². The van der Waals surface area contributed by atoms with Gasteiger partial charge in [0.2, 0.25) is 0 Å². The minimum Gasteiger partial charge on any atom is -0.464 e. The van der Waals surface area contributed by atoms with Crippen molar-refractivity contribution in [3.63, 3.8) is 0 Å². The van der Waals surface area contributed by atoms with E-state index in [0.29, 0.717) is 10.6 Å². The SMILES string of the molecule is COC(=O)C1=NS(=O)(=O)NC(c2cc(Br)c(C)s2)=C1. The third kappa shape index (κ3) is 3.04. The van der Waals surface area contributed by atoms with Gasteiger partial charge in [-0.2, -0.15) is 8.42 Å². The van der Waals surface area contributed by atoms with Gasteiger partial charge >= 0.3 is 16.2 Å². The molecule has 102 valence electrons. The number of esters is 1. The highest BCUT2D eigenvalue weighted by Gasteiger charge is 2.24. The molecule has 6 nitrogen and oxygen atoms in total. The molecule has 1 aromatic heterocycles. The smallest absolute Gasteiger partial charge is 0.357 e. The van der Waals surface area contributed by atoms with Crippen LogP contribution in [-0.4, -0.2) is 27.2 Å².